The van der Waals surface area contributed by atoms with Gasteiger partial charge in [0.15, 0.2) is 0 Å². The topological polar surface area (TPSA) is 64.8 Å². The highest BCUT2D eigenvalue weighted by Crippen LogP contribution is 2.00. The van der Waals surface area contributed by atoms with Gasteiger partial charge in [-0.05, 0) is 12.8 Å². The maximum atomic E-state index is 11.4. The van der Waals surface area contributed by atoms with E-state index in [0.29, 0.717) is 25.7 Å². The molecular formula is C12H26N2O3. The highest BCUT2D eigenvalue weighted by molar-refractivity contribution is 5.75. The molecule has 0 amide bonds. The van der Waals surface area contributed by atoms with Gasteiger partial charge >= 0.3 is 5.97 Å². The molecule has 0 rings (SSSR count). The quantitative estimate of drug-likeness (QED) is 0.600. The van der Waals surface area contributed by atoms with Crippen molar-refractivity contribution in [3.05, 3.63) is 0 Å². The zero-order valence-electron chi connectivity index (χ0n) is 11.4. The van der Waals surface area contributed by atoms with Gasteiger partial charge in [0, 0.05) is 26.7 Å². The predicted octanol–water partition coefficient (Wildman–Crippen LogP) is 0.481. The van der Waals surface area contributed by atoms with E-state index in [9.17, 15) is 4.79 Å². The van der Waals surface area contributed by atoms with Crippen molar-refractivity contribution in [2.45, 2.75) is 26.8 Å². The second-order valence-corrected chi connectivity index (χ2v) is 4.50. The van der Waals surface area contributed by atoms with E-state index in [0.717, 1.165) is 13.1 Å². The fraction of sp³-hybridized carbons (Fsp3) is 0.917. The molecule has 1 atom stereocenters. The molecule has 0 radical (unpaired) electrons. The monoisotopic (exact) mass is 246 g/mol. The largest absolute Gasteiger partial charge is 0.465 e. The summed E-state index contributed by atoms with van der Waals surface area (Å²) in [4.78, 5) is 13.6. The molecule has 17 heavy (non-hydrogen) atoms. The normalized spacial score (nSPS) is 13.1. The second-order valence-electron chi connectivity index (χ2n) is 4.50. The van der Waals surface area contributed by atoms with Crippen LogP contribution in [0.25, 0.3) is 0 Å². The number of carbonyl (C=O) groups is 1. The molecule has 0 spiro atoms. The maximum absolute atomic E-state index is 11.4. The summed E-state index contributed by atoms with van der Waals surface area (Å²) in [5.74, 6) is 0.194. The summed E-state index contributed by atoms with van der Waals surface area (Å²) in [5, 5.41) is 0. The van der Waals surface area contributed by atoms with Crippen molar-refractivity contribution in [2.75, 3.05) is 40.0 Å². The minimum atomic E-state index is -0.578. The summed E-state index contributed by atoms with van der Waals surface area (Å²) < 4.78 is 9.94. The number of ether oxygens (including phenoxy) is 2. The van der Waals surface area contributed by atoms with E-state index in [2.05, 4.69) is 18.7 Å². The average Bonchev–Trinajstić information content (AvgIpc) is 2.25. The number of hydrogen-bond acceptors (Lipinski definition) is 5. The van der Waals surface area contributed by atoms with Crippen LogP contribution >= 0.6 is 0 Å². The molecule has 1 unspecified atom stereocenters. The second kappa shape index (κ2) is 9.39. The van der Waals surface area contributed by atoms with Gasteiger partial charge < -0.3 is 15.2 Å². The Hall–Kier alpha value is -0.650. The molecule has 2 N–H and O–H groups in total. The molecule has 0 aromatic rings. The number of nitrogens with two attached hydrogens (primary N) is 1. The fourth-order valence-electron chi connectivity index (χ4n) is 1.60. The van der Waals surface area contributed by atoms with Crippen LogP contribution in [-0.2, 0) is 14.3 Å². The van der Waals surface area contributed by atoms with Gasteiger partial charge in [-0.2, -0.15) is 0 Å². The summed E-state index contributed by atoms with van der Waals surface area (Å²) in [5.41, 5.74) is 5.79. The number of esters is 1. The lowest BCUT2D eigenvalue weighted by Crippen LogP contribution is -2.45. The van der Waals surface area contributed by atoms with Gasteiger partial charge in [-0.1, -0.05) is 13.8 Å². The number of rotatable bonds is 9. The highest BCUT2D eigenvalue weighted by atomic mass is 16.5. The third-order valence-corrected chi connectivity index (χ3v) is 2.28. The summed E-state index contributed by atoms with van der Waals surface area (Å²) in [6, 6.07) is -0.578. The van der Waals surface area contributed by atoms with Crippen molar-refractivity contribution in [3.8, 4) is 0 Å². The Bertz CT molecular complexity index is 210. The number of carbonyl (C=O) groups excluding carboxylic acids is 1. The van der Waals surface area contributed by atoms with Crippen LogP contribution in [0.2, 0.25) is 0 Å². The van der Waals surface area contributed by atoms with Crippen molar-refractivity contribution < 1.29 is 14.3 Å². The van der Waals surface area contributed by atoms with Crippen molar-refractivity contribution >= 4 is 5.97 Å². The summed E-state index contributed by atoms with van der Waals surface area (Å²) in [6.45, 7) is 9.25. The highest BCUT2D eigenvalue weighted by Gasteiger charge is 2.19. The van der Waals surface area contributed by atoms with Gasteiger partial charge in [0.2, 0.25) is 0 Å². The van der Waals surface area contributed by atoms with Gasteiger partial charge in [-0.25, -0.2) is 0 Å². The van der Waals surface area contributed by atoms with Gasteiger partial charge in [-0.15, -0.1) is 0 Å². The van der Waals surface area contributed by atoms with Crippen molar-refractivity contribution in [1.82, 2.24) is 4.90 Å². The lowest BCUT2D eigenvalue weighted by atomic mass is 10.2. The van der Waals surface area contributed by atoms with E-state index >= 15 is 0 Å². The average molecular weight is 246 g/mol. The van der Waals surface area contributed by atoms with Gasteiger partial charge in [0.05, 0.1) is 13.2 Å². The molecular weight excluding hydrogens is 220 g/mol. The molecule has 0 aliphatic heterocycles. The van der Waals surface area contributed by atoms with E-state index in [4.69, 9.17) is 15.2 Å². The minimum Gasteiger partial charge on any atom is -0.465 e. The van der Waals surface area contributed by atoms with Crippen molar-refractivity contribution in [2.24, 2.45) is 11.7 Å². The molecule has 0 saturated heterocycles. The first-order valence-electron chi connectivity index (χ1n) is 6.14. The van der Waals surface area contributed by atoms with E-state index in [-0.39, 0.29) is 5.97 Å². The van der Waals surface area contributed by atoms with Crippen molar-refractivity contribution in [3.63, 3.8) is 0 Å². The predicted molar refractivity (Wildman–Crippen MR) is 67.8 cm³/mol. The van der Waals surface area contributed by atoms with Gasteiger partial charge in [-0.3, -0.25) is 9.69 Å². The molecule has 0 aromatic carbocycles. The van der Waals surface area contributed by atoms with Crippen LogP contribution < -0.4 is 5.73 Å². The zero-order valence-corrected chi connectivity index (χ0v) is 11.4. The van der Waals surface area contributed by atoms with E-state index in [1.165, 1.54) is 0 Å². The molecule has 0 saturated carbocycles. The maximum Gasteiger partial charge on any atom is 0.324 e. The Balaban J connectivity index is 4.15. The summed E-state index contributed by atoms with van der Waals surface area (Å²) in [6.07, 6.45) is 0. The van der Waals surface area contributed by atoms with Crippen LogP contribution in [-0.4, -0.2) is 56.9 Å². The molecule has 5 heteroatoms. The number of hydrogen-bond donors (Lipinski definition) is 1. The lowest BCUT2D eigenvalue weighted by Gasteiger charge is -2.26. The Morgan fingerprint density at radius 2 is 2.00 bits per heavy atom. The Labute approximate surface area is 104 Å². The molecule has 102 valence electrons. The van der Waals surface area contributed by atoms with Gasteiger partial charge in [0.25, 0.3) is 0 Å². The van der Waals surface area contributed by atoms with E-state index < -0.39 is 6.04 Å². The standard InChI is InChI=1S/C12H26N2O3/c1-5-17-12(15)11(13)9-14(6-7-16-4)8-10(2)3/h10-11H,5-9,13H2,1-4H3. The third-order valence-electron chi connectivity index (χ3n) is 2.28. The van der Waals surface area contributed by atoms with Crippen molar-refractivity contribution in [1.29, 1.82) is 0 Å². The Morgan fingerprint density at radius 1 is 1.35 bits per heavy atom. The molecule has 0 aliphatic carbocycles. The molecule has 0 heterocycles. The smallest absolute Gasteiger partial charge is 0.324 e. The lowest BCUT2D eigenvalue weighted by molar-refractivity contribution is -0.145. The van der Waals surface area contributed by atoms with Crippen LogP contribution in [0.1, 0.15) is 20.8 Å². The third kappa shape index (κ3) is 8.12. The first kappa shape index (κ1) is 16.4. The van der Waals surface area contributed by atoms with E-state index in [1.54, 1.807) is 14.0 Å². The first-order valence-corrected chi connectivity index (χ1v) is 6.14. The summed E-state index contributed by atoms with van der Waals surface area (Å²) in [7, 11) is 1.67. The van der Waals surface area contributed by atoms with Crippen LogP contribution in [0.3, 0.4) is 0 Å². The van der Waals surface area contributed by atoms with Crippen LogP contribution in [0.15, 0.2) is 0 Å². The SMILES string of the molecule is CCOC(=O)C(N)CN(CCOC)CC(C)C. The number of methoxy groups -OCH3 is 1. The van der Waals surface area contributed by atoms with Gasteiger partial charge in [0.1, 0.15) is 6.04 Å². The molecule has 5 nitrogen and oxygen atoms in total. The zero-order chi connectivity index (χ0) is 13.3. The summed E-state index contributed by atoms with van der Waals surface area (Å²) >= 11 is 0. The van der Waals surface area contributed by atoms with Crippen LogP contribution in [0.4, 0.5) is 0 Å². The molecule has 0 fully saturated rings. The fourth-order valence-corrected chi connectivity index (χ4v) is 1.60. The first-order chi connectivity index (χ1) is 8.01. The number of nitrogens with zero attached hydrogens (tertiary/aromatic N) is 1. The molecule has 0 aliphatic rings. The minimum absolute atomic E-state index is 0.335. The Morgan fingerprint density at radius 3 is 2.47 bits per heavy atom. The molecule has 0 aromatic heterocycles. The molecule has 0 bridgehead atoms. The van der Waals surface area contributed by atoms with Crippen LogP contribution in [0, 0.1) is 5.92 Å². The van der Waals surface area contributed by atoms with Crippen LogP contribution in [0.5, 0.6) is 0 Å². The Kier molecular flexibility index (Phi) is 9.03. The van der Waals surface area contributed by atoms with E-state index in [1.807, 2.05) is 0 Å².